The Morgan fingerprint density at radius 1 is 1.17 bits per heavy atom. The van der Waals surface area contributed by atoms with E-state index in [0.29, 0.717) is 6.42 Å². The first-order valence-corrected chi connectivity index (χ1v) is 11.0. The number of benzene rings is 2. The first-order chi connectivity index (χ1) is 14.6. The molecule has 0 atom stereocenters. The van der Waals surface area contributed by atoms with E-state index in [0.717, 1.165) is 47.3 Å². The Balaban J connectivity index is 1.29. The summed E-state index contributed by atoms with van der Waals surface area (Å²) in [5, 5.41) is 3.64. The van der Waals surface area contributed by atoms with Crippen LogP contribution in [0.25, 0.3) is 0 Å². The van der Waals surface area contributed by atoms with Gasteiger partial charge >= 0.3 is 0 Å². The average molecular weight is 421 g/mol. The SMILES string of the molecule is Cc1[nH]c(SCC(=O)Nc2ccc(N3CCCC3=O)cc2)nc1Cc1ccccc1. The minimum Gasteiger partial charge on any atom is -0.337 e. The molecule has 0 unspecified atom stereocenters. The second-order valence-corrected chi connectivity index (χ2v) is 8.27. The van der Waals surface area contributed by atoms with Gasteiger partial charge in [-0.15, -0.1) is 0 Å². The summed E-state index contributed by atoms with van der Waals surface area (Å²) in [5.74, 6) is 0.330. The maximum atomic E-state index is 12.3. The van der Waals surface area contributed by atoms with Crippen molar-refractivity contribution in [2.45, 2.75) is 31.3 Å². The van der Waals surface area contributed by atoms with Crippen LogP contribution in [0.3, 0.4) is 0 Å². The van der Waals surface area contributed by atoms with E-state index < -0.39 is 0 Å². The van der Waals surface area contributed by atoms with Gasteiger partial charge in [0.1, 0.15) is 0 Å². The number of imidazole rings is 1. The number of hydrogen-bond acceptors (Lipinski definition) is 4. The summed E-state index contributed by atoms with van der Waals surface area (Å²) >= 11 is 1.39. The lowest BCUT2D eigenvalue weighted by atomic mass is 10.1. The Labute approximate surface area is 180 Å². The summed E-state index contributed by atoms with van der Waals surface area (Å²) in [6, 6.07) is 17.6. The van der Waals surface area contributed by atoms with Crippen LogP contribution in [0.1, 0.15) is 29.8 Å². The minimum absolute atomic E-state index is 0.0938. The first kappa shape index (κ1) is 20.2. The molecule has 3 aromatic rings. The molecule has 6 nitrogen and oxygen atoms in total. The standard InChI is InChI=1S/C23H24N4O2S/c1-16-20(14-17-6-3-2-4-7-17)26-23(24-16)30-15-21(28)25-18-9-11-19(12-10-18)27-13-5-8-22(27)29/h2-4,6-7,9-12H,5,8,13-15H2,1H3,(H,24,26)(H,25,28). The normalized spacial score (nSPS) is 13.6. The summed E-state index contributed by atoms with van der Waals surface area (Å²) in [5.41, 5.74) is 4.82. The van der Waals surface area contributed by atoms with Crippen LogP contribution in [0.5, 0.6) is 0 Å². The van der Waals surface area contributed by atoms with Gasteiger partial charge in [0.15, 0.2) is 5.16 Å². The van der Waals surface area contributed by atoms with Crippen LogP contribution in [0.2, 0.25) is 0 Å². The molecule has 1 fully saturated rings. The molecule has 4 rings (SSSR count). The number of nitrogens with zero attached hydrogens (tertiary/aromatic N) is 2. The second kappa shape index (κ2) is 9.17. The molecule has 7 heteroatoms. The van der Waals surface area contributed by atoms with Crippen molar-refractivity contribution >= 4 is 35.0 Å². The van der Waals surface area contributed by atoms with Gasteiger partial charge in [-0.2, -0.15) is 0 Å². The van der Waals surface area contributed by atoms with Gasteiger partial charge in [-0.3, -0.25) is 9.59 Å². The average Bonchev–Trinajstić information content (AvgIpc) is 3.33. The van der Waals surface area contributed by atoms with Crippen LogP contribution in [0, 0.1) is 6.92 Å². The molecule has 1 aliphatic rings. The Morgan fingerprint density at radius 3 is 2.63 bits per heavy atom. The lowest BCUT2D eigenvalue weighted by molar-refractivity contribution is -0.117. The highest BCUT2D eigenvalue weighted by Crippen LogP contribution is 2.24. The molecule has 0 spiro atoms. The molecule has 2 aromatic carbocycles. The largest absolute Gasteiger partial charge is 0.337 e. The number of thioether (sulfide) groups is 1. The van der Waals surface area contributed by atoms with Gasteiger partial charge in [0, 0.05) is 36.5 Å². The van der Waals surface area contributed by atoms with E-state index in [2.05, 4.69) is 27.4 Å². The molecule has 0 saturated carbocycles. The lowest BCUT2D eigenvalue weighted by Crippen LogP contribution is -2.23. The maximum absolute atomic E-state index is 12.3. The molecule has 0 aliphatic carbocycles. The first-order valence-electron chi connectivity index (χ1n) is 10.0. The van der Waals surface area contributed by atoms with Crippen molar-refractivity contribution in [3.8, 4) is 0 Å². The number of anilines is 2. The third kappa shape index (κ3) is 4.91. The molecule has 1 aliphatic heterocycles. The van der Waals surface area contributed by atoms with E-state index in [1.54, 1.807) is 4.90 Å². The third-order valence-corrected chi connectivity index (χ3v) is 5.93. The zero-order chi connectivity index (χ0) is 20.9. The van der Waals surface area contributed by atoms with Crippen LogP contribution in [-0.2, 0) is 16.0 Å². The van der Waals surface area contributed by atoms with E-state index in [4.69, 9.17) is 0 Å². The molecular formula is C23H24N4O2S. The van der Waals surface area contributed by atoms with Crippen LogP contribution >= 0.6 is 11.8 Å². The molecule has 30 heavy (non-hydrogen) atoms. The van der Waals surface area contributed by atoms with Crippen LogP contribution in [0.15, 0.2) is 59.8 Å². The molecule has 1 saturated heterocycles. The summed E-state index contributed by atoms with van der Waals surface area (Å²) in [4.78, 5) is 33.8. The number of aromatic amines is 1. The van der Waals surface area contributed by atoms with Gasteiger partial charge in [-0.25, -0.2) is 4.98 Å². The number of carbonyl (C=O) groups is 2. The van der Waals surface area contributed by atoms with Gasteiger partial charge in [-0.05, 0) is 43.2 Å². The van der Waals surface area contributed by atoms with Crippen molar-refractivity contribution in [1.29, 1.82) is 0 Å². The van der Waals surface area contributed by atoms with E-state index in [9.17, 15) is 9.59 Å². The fraction of sp³-hybridized carbons (Fsp3) is 0.261. The molecule has 1 aromatic heterocycles. The monoisotopic (exact) mass is 420 g/mol. The van der Waals surface area contributed by atoms with Crippen molar-refractivity contribution in [2.75, 3.05) is 22.5 Å². The molecule has 2 N–H and O–H groups in total. The zero-order valence-electron chi connectivity index (χ0n) is 16.9. The molecular weight excluding hydrogens is 396 g/mol. The van der Waals surface area contributed by atoms with E-state index >= 15 is 0 Å². The van der Waals surface area contributed by atoms with Gasteiger partial charge in [0.05, 0.1) is 11.4 Å². The molecule has 0 bridgehead atoms. The number of aryl methyl sites for hydroxylation is 1. The Bertz CT molecular complexity index is 1030. The highest BCUT2D eigenvalue weighted by atomic mass is 32.2. The molecule has 2 heterocycles. The minimum atomic E-state index is -0.0938. The number of aromatic nitrogens is 2. The van der Waals surface area contributed by atoms with Crippen molar-refractivity contribution in [3.63, 3.8) is 0 Å². The molecule has 2 amide bonds. The van der Waals surface area contributed by atoms with Crippen LogP contribution < -0.4 is 10.2 Å². The molecule has 0 radical (unpaired) electrons. The quantitative estimate of drug-likeness (QED) is 0.563. The van der Waals surface area contributed by atoms with Crippen molar-refractivity contribution < 1.29 is 9.59 Å². The predicted octanol–water partition coefficient (Wildman–Crippen LogP) is 4.17. The van der Waals surface area contributed by atoms with Crippen molar-refractivity contribution in [3.05, 3.63) is 71.5 Å². The van der Waals surface area contributed by atoms with E-state index in [-0.39, 0.29) is 17.6 Å². The van der Waals surface area contributed by atoms with Gasteiger partial charge in [0.2, 0.25) is 11.8 Å². The smallest absolute Gasteiger partial charge is 0.234 e. The number of amides is 2. The summed E-state index contributed by atoms with van der Waals surface area (Å²) in [7, 11) is 0. The highest BCUT2D eigenvalue weighted by Gasteiger charge is 2.21. The molecule has 154 valence electrons. The highest BCUT2D eigenvalue weighted by molar-refractivity contribution is 7.99. The van der Waals surface area contributed by atoms with Crippen LogP contribution in [0.4, 0.5) is 11.4 Å². The fourth-order valence-corrected chi connectivity index (χ4v) is 4.21. The number of hydrogen-bond donors (Lipinski definition) is 2. The third-order valence-electron chi connectivity index (χ3n) is 5.05. The number of H-pyrrole nitrogens is 1. The number of nitrogens with one attached hydrogen (secondary N) is 2. The lowest BCUT2D eigenvalue weighted by Gasteiger charge is -2.16. The summed E-state index contributed by atoms with van der Waals surface area (Å²) in [6.45, 7) is 2.76. The number of carbonyl (C=O) groups excluding carboxylic acids is 2. The van der Waals surface area contributed by atoms with Gasteiger partial charge < -0.3 is 15.2 Å². The van der Waals surface area contributed by atoms with E-state index in [1.165, 1.54) is 17.3 Å². The summed E-state index contributed by atoms with van der Waals surface area (Å²) < 4.78 is 0. The van der Waals surface area contributed by atoms with E-state index in [1.807, 2.05) is 49.4 Å². The maximum Gasteiger partial charge on any atom is 0.234 e. The summed E-state index contributed by atoms with van der Waals surface area (Å²) in [6.07, 6.45) is 2.27. The van der Waals surface area contributed by atoms with Crippen molar-refractivity contribution in [1.82, 2.24) is 9.97 Å². The predicted molar refractivity (Wildman–Crippen MR) is 120 cm³/mol. The van der Waals surface area contributed by atoms with Crippen molar-refractivity contribution in [2.24, 2.45) is 0 Å². The topological polar surface area (TPSA) is 78.1 Å². The Morgan fingerprint density at radius 2 is 1.93 bits per heavy atom. The second-order valence-electron chi connectivity index (χ2n) is 7.31. The Kier molecular flexibility index (Phi) is 6.18. The zero-order valence-corrected chi connectivity index (χ0v) is 17.7. The Hall–Kier alpha value is -3.06. The van der Waals surface area contributed by atoms with Gasteiger partial charge in [-0.1, -0.05) is 42.1 Å². The number of rotatable bonds is 7. The van der Waals surface area contributed by atoms with Crippen LogP contribution in [-0.4, -0.2) is 34.1 Å². The fourth-order valence-electron chi connectivity index (χ4n) is 3.47. The van der Waals surface area contributed by atoms with Gasteiger partial charge in [0.25, 0.3) is 0 Å².